The van der Waals surface area contributed by atoms with E-state index in [4.69, 9.17) is 0 Å². The Morgan fingerprint density at radius 3 is 1.66 bits per heavy atom. The summed E-state index contributed by atoms with van der Waals surface area (Å²) in [5.41, 5.74) is 6.26. The Labute approximate surface area is 175 Å². The van der Waals surface area contributed by atoms with E-state index in [1.54, 1.807) is 0 Å². The van der Waals surface area contributed by atoms with E-state index in [2.05, 4.69) is 92.6 Å². The van der Waals surface area contributed by atoms with Crippen LogP contribution in [0.1, 0.15) is 90.1 Å². The first kappa shape index (κ1) is 20.1. The molecule has 0 saturated heterocycles. The Kier molecular flexibility index (Phi) is 4.12. The first-order chi connectivity index (χ1) is 13.2. The van der Waals surface area contributed by atoms with Crippen LogP contribution < -0.4 is 5.43 Å². The Morgan fingerprint density at radius 1 is 0.621 bits per heavy atom. The molecule has 0 radical (unpaired) electrons. The lowest BCUT2D eigenvalue weighted by Crippen LogP contribution is -2.21. The molecule has 3 aromatic rings. The molecule has 1 aliphatic carbocycles. The van der Waals surface area contributed by atoms with Gasteiger partial charge in [-0.25, -0.2) is 0 Å². The van der Waals surface area contributed by atoms with Crippen LogP contribution in [0.4, 0.5) is 0 Å². The molecule has 3 aromatic carbocycles. The molecule has 0 bridgehead atoms. The molecule has 0 amide bonds. The van der Waals surface area contributed by atoms with Crippen molar-refractivity contribution in [3.63, 3.8) is 0 Å². The minimum Gasteiger partial charge on any atom is -0.289 e. The maximum Gasteiger partial charge on any atom is 0.190 e. The second kappa shape index (κ2) is 5.94. The first-order valence-electron chi connectivity index (χ1n) is 10.8. The van der Waals surface area contributed by atoms with Crippen LogP contribution in [0.15, 0.2) is 35.1 Å². The van der Waals surface area contributed by atoms with E-state index >= 15 is 0 Å². The fourth-order valence-electron chi connectivity index (χ4n) is 4.60. The average Bonchev–Trinajstić information content (AvgIpc) is 2.87. The van der Waals surface area contributed by atoms with Gasteiger partial charge in [0.1, 0.15) is 0 Å². The molecule has 0 aromatic heterocycles. The summed E-state index contributed by atoms with van der Waals surface area (Å²) in [6, 6.07) is 11.4. The van der Waals surface area contributed by atoms with E-state index < -0.39 is 0 Å². The minimum atomic E-state index is -0.203. The van der Waals surface area contributed by atoms with Crippen molar-refractivity contribution in [2.75, 3.05) is 0 Å². The van der Waals surface area contributed by atoms with Gasteiger partial charge in [-0.05, 0) is 73.2 Å². The predicted octanol–water partition coefficient (Wildman–Crippen LogP) is 7.15. The molecule has 0 atom stereocenters. The molecule has 0 unspecified atom stereocenters. The van der Waals surface area contributed by atoms with Gasteiger partial charge in [-0.2, -0.15) is 0 Å². The van der Waals surface area contributed by atoms with E-state index in [0.717, 1.165) is 17.4 Å². The normalized spacial score (nSPS) is 14.4. The summed E-state index contributed by atoms with van der Waals surface area (Å²) in [5, 5.41) is 4.58. The Morgan fingerprint density at radius 2 is 1.14 bits per heavy atom. The third-order valence-electron chi connectivity index (χ3n) is 6.43. The summed E-state index contributed by atoms with van der Waals surface area (Å²) in [5.74, 6) is 0. The molecule has 0 saturated carbocycles. The van der Waals surface area contributed by atoms with Crippen LogP contribution in [0.2, 0.25) is 0 Å². The fourth-order valence-corrected chi connectivity index (χ4v) is 4.60. The number of hydrogen-bond donors (Lipinski definition) is 0. The lowest BCUT2D eigenvalue weighted by Gasteiger charge is -2.21. The smallest absolute Gasteiger partial charge is 0.190 e. The molecule has 1 heteroatoms. The van der Waals surface area contributed by atoms with Gasteiger partial charge in [0.2, 0.25) is 0 Å². The second-order valence-electron chi connectivity index (χ2n) is 12.0. The van der Waals surface area contributed by atoms with E-state index in [0.29, 0.717) is 0 Å². The monoisotopic (exact) mass is 386 g/mol. The fraction of sp³-hybridized carbons (Fsp3) is 0.464. The van der Waals surface area contributed by atoms with Crippen molar-refractivity contribution < 1.29 is 0 Å². The van der Waals surface area contributed by atoms with Gasteiger partial charge in [0.15, 0.2) is 5.43 Å². The maximum atomic E-state index is 13.8. The number of benzene rings is 2. The highest BCUT2D eigenvalue weighted by Crippen LogP contribution is 2.42. The lowest BCUT2D eigenvalue weighted by atomic mass is 9.83. The average molecular weight is 387 g/mol. The van der Waals surface area contributed by atoms with Crippen molar-refractivity contribution in [1.82, 2.24) is 0 Å². The zero-order chi connectivity index (χ0) is 21.5. The largest absolute Gasteiger partial charge is 0.289 e. The number of hydrogen-bond acceptors (Lipinski definition) is 1. The van der Waals surface area contributed by atoms with Gasteiger partial charge in [-0.15, -0.1) is 0 Å². The van der Waals surface area contributed by atoms with Crippen LogP contribution in [0.25, 0.3) is 21.5 Å². The summed E-state index contributed by atoms with van der Waals surface area (Å²) < 4.78 is 0. The van der Waals surface area contributed by atoms with E-state index in [-0.39, 0.29) is 21.7 Å². The molecular weight excluding hydrogens is 352 g/mol. The van der Waals surface area contributed by atoms with Gasteiger partial charge in [0, 0.05) is 10.9 Å². The van der Waals surface area contributed by atoms with Crippen LogP contribution in [-0.2, 0) is 22.7 Å². The molecule has 1 aliphatic rings. The van der Waals surface area contributed by atoms with Crippen molar-refractivity contribution in [2.24, 2.45) is 0 Å². The highest BCUT2D eigenvalue weighted by molar-refractivity contribution is 6.13. The first-order valence-corrected chi connectivity index (χ1v) is 10.8. The highest BCUT2D eigenvalue weighted by Gasteiger charge is 2.27. The van der Waals surface area contributed by atoms with Crippen molar-refractivity contribution in [2.45, 2.75) is 85.0 Å². The van der Waals surface area contributed by atoms with E-state index in [9.17, 15) is 4.79 Å². The third-order valence-corrected chi connectivity index (χ3v) is 6.43. The van der Waals surface area contributed by atoms with Gasteiger partial charge >= 0.3 is 0 Å². The van der Waals surface area contributed by atoms with Crippen LogP contribution in [0.3, 0.4) is 0 Å². The molecule has 0 spiro atoms. The molecule has 1 nitrogen and oxygen atoms in total. The predicted molar refractivity (Wildman–Crippen MR) is 127 cm³/mol. The van der Waals surface area contributed by atoms with Crippen LogP contribution in [0.5, 0.6) is 0 Å². The summed E-state index contributed by atoms with van der Waals surface area (Å²) in [7, 11) is 0. The third kappa shape index (κ3) is 3.19. The Bertz CT molecular complexity index is 1220. The van der Waals surface area contributed by atoms with Crippen molar-refractivity contribution in [3.8, 4) is 0 Å². The maximum absolute atomic E-state index is 13.8. The summed E-state index contributed by atoms with van der Waals surface area (Å²) >= 11 is 0. The highest BCUT2D eigenvalue weighted by atomic mass is 16.1. The molecule has 0 heterocycles. The standard InChI is InChI=1S/C28H34O/c1-26(2,3)19-11-16-10-17-12-20(27(4,5)6)15-21-24(17)23(16)18(13-19)14-22(25(21)29)28(7,8)9/h11-15H,10H2,1-9H3. The molecule has 4 rings (SSSR count). The molecule has 29 heavy (non-hydrogen) atoms. The van der Waals surface area contributed by atoms with Crippen molar-refractivity contribution in [3.05, 3.63) is 68.4 Å². The SMILES string of the molecule is CC(C)(C)c1cc2c3c(c1)cc(C(C)(C)C)c(=O)c1cc(C(C)(C)C)cc(c13)C2. The van der Waals surface area contributed by atoms with Crippen molar-refractivity contribution in [1.29, 1.82) is 0 Å². The van der Waals surface area contributed by atoms with Crippen LogP contribution in [-0.4, -0.2) is 0 Å². The van der Waals surface area contributed by atoms with Gasteiger partial charge < -0.3 is 0 Å². The summed E-state index contributed by atoms with van der Waals surface area (Å²) in [6.07, 6.45) is 0.921. The Balaban J connectivity index is 2.27. The molecular formula is C28H34O. The van der Waals surface area contributed by atoms with E-state index in [1.807, 2.05) is 0 Å². The number of rotatable bonds is 0. The summed E-state index contributed by atoms with van der Waals surface area (Å²) in [6.45, 7) is 19.9. The lowest BCUT2D eigenvalue weighted by molar-refractivity contribution is 0.586. The van der Waals surface area contributed by atoms with Gasteiger partial charge in [-0.3, -0.25) is 4.79 Å². The van der Waals surface area contributed by atoms with Crippen LogP contribution >= 0.6 is 0 Å². The van der Waals surface area contributed by atoms with E-state index in [1.165, 1.54) is 38.4 Å². The van der Waals surface area contributed by atoms with Gasteiger partial charge in [0.05, 0.1) is 0 Å². The quantitative estimate of drug-likeness (QED) is 0.313. The van der Waals surface area contributed by atoms with Gasteiger partial charge in [-0.1, -0.05) is 80.5 Å². The topological polar surface area (TPSA) is 17.1 Å². The second-order valence-corrected chi connectivity index (χ2v) is 12.0. The van der Waals surface area contributed by atoms with Crippen molar-refractivity contribution >= 4 is 21.5 Å². The van der Waals surface area contributed by atoms with Crippen LogP contribution in [0, 0.1) is 0 Å². The zero-order valence-electron chi connectivity index (χ0n) is 19.5. The molecule has 0 N–H and O–H groups in total. The Hall–Kier alpha value is -2.15. The molecule has 152 valence electrons. The van der Waals surface area contributed by atoms with Gasteiger partial charge in [0.25, 0.3) is 0 Å². The molecule has 0 fully saturated rings. The zero-order valence-corrected chi connectivity index (χ0v) is 19.5. The minimum absolute atomic E-state index is 0.0118. The summed E-state index contributed by atoms with van der Waals surface area (Å²) in [4.78, 5) is 13.8. The molecule has 0 aliphatic heterocycles.